The molecule has 14 heavy (non-hydrogen) atoms. The Hall–Kier alpha value is -0.700. The van der Waals surface area contributed by atoms with Crippen LogP contribution < -0.4 is 4.74 Å². The van der Waals surface area contributed by atoms with Crippen LogP contribution >= 0.6 is 23.2 Å². The van der Waals surface area contributed by atoms with E-state index < -0.39 is 6.10 Å². The summed E-state index contributed by atoms with van der Waals surface area (Å²) < 4.78 is 5.06. The van der Waals surface area contributed by atoms with Crippen molar-refractivity contribution in [2.24, 2.45) is 0 Å². The predicted molar refractivity (Wildman–Crippen MR) is 58.2 cm³/mol. The quantitative estimate of drug-likeness (QED) is 0.812. The summed E-state index contributed by atoms with van der Waals surface area (Å²) in [6, 6.07) is 3.15. The molecule has 1 rings (SSSR count). The number of benzene rings is 1. The van der Waals surface area contributed by atoms with Crippen LogP contribution in [0.5, 0.6) is 5.75 Å². The molecule has 1 aromatic carbocycles. The largest absolute Gasteiger partial charge is 0.495 e. The first-order chi connectivity index (χ1) is 6.60. The fourth-order valence-corrected chi connectivity index (χ4v) is 1.73. The third-order valence-electron chi connectivity index (χ3n) is 1.78. The molecule has 0 spiro atoms. The van der Waals surface area contributed by atoms with Crippen molar-refractivity contribution >= 4 is 23.2 Å². The van der Waals surface area contributed by atoms with Crippen molar-refractivity contribution in [3.05, 3.63) is 40.4 Å². The zero-order valence-corrected chi connectivity index (χ0v) is 9.14. The van der Waals surface area contributed by atoms with Gasteiger partial charge in [0.2, 0.25) is 0 Å². The molecule has 4 heteroatoms. The van der Waals surface area contributed by atoms with Gasteiger partial charge in [-0.15, -0.1) is 6.58 Å². The van der Waals surface area contributed by atoms with Gasteiger partial charge in [-0.2, -0.15) is 0 Å². The predicted octanol–water partition coefficient (Wildman–Crippen LogP) is 3.22. The number of hydrogen-bond acceptors (Lipinski definition) is 2. The highest BCUT2D eigenvalue weighted by Gasteiger charge is 2.14. The number of rotatable bonds is 3. The number of ether oxygens (including phenoxy) is 1. The summed E-state index contributed by atoms with van der Waals surface area (Å²) in [6.07, 6.45) is 0.547. The lowest BCUT2D eigenvalue weighted by Gasteiger charge is -2.13. The number of halogens is 2. The van der Waals surface area contributed by atoms with Crippen molar-refractivity contribution in [3.8, 4) is 5.75 Å². The first-order valence-corrected chi connectivity index (χ1v) is 4.69. The van der Waals surface area contributed by atoms with E-state index in [4.69, 9.17) is 27.9 Å². The average Bonchev–Trinajstić information content (AvgIpc) is 2.15. The van der Waals surface area contributed by atoms with E-state index in [9.17, 15) is 5.11 Å². The molecule has 1 atom stereocenters. The molecule has 0 amide bonds. The van der Waals surface area contributed by atoms with Crippen molar-refractivity contribution in [2.75, 3.05) is 7.11 Å². The third-order valence-corrected chi connectivity index (χ3v) is 2.28. The summed E-state index contributed by atoms with van der Waals surface area (Å²) in [6.45, 7) is 3.48. The van der Waals surface area contributed by atoms with Crippen LogP contribution in [0.1, 0.15) is 11.7 Å². The highest BCUT2D eigenvalue weighted by Crippen LogP contribution is 2.35. The van der Waals surface area contributed by atoms with E-state index in [1.807, 2.05) is 0 Å². The molecule has 0 fully saturated rings. The van der Waals surface area contributed by atoms with Gasteiger partial charge in [0.15, 0.2) is 0 Å². The maximum absolute atomic E-state index is 9.57. The lowest BCUT2D eigenvalue weighted by atomic mass is 10.1. The molecular weight excluding hydrogens is 223 g/mol. The van der Waals surface area contributed by atoms with Gasteiger partial charge >= 0.3 is 0 Å². The van der Waals surface area contributed by atoms with E-state index in [1.165, 1.54) is 13.2 Å². The second kappa shape index (κ2) is 4.69. The lowest BCUT2D eigenvalue weighted by molar-refractivity contribution is 0.223. The van der Waals surface area contributed by atoms with Crippen molar-refractivity contribution in [1.29, 1.82) is 0 Å². The van der Waals surface area contributed by atoms with Crippen molar-refractivity contribution in [2.45, 2.75) is 6.10 Å². The Balaban J connectivity index is 3.31. The Morgan fingerprint density at radius 3 is 2.64 bits per heavy atom. The summed E-state index contributed by atoms with van der Waals surface area (Å²) in [5, 5.41) is 10.4. The molecule has 76 valence electrons. The summed E-state index contributed by atoms with van der Waals surface area (Å²) in [7, 11) is 1.48. The average molecular weight is 233 g/mol. The molecule has 0 aliphatic rings. The fourth-order valence-electron chi connectivity index (χ4n) is 1.14. The molecule has 0 bridgehead atoms. The Bertz CT molecular complexity index is 350. The first kappa shape index (κ1) is 11.4. The molecule has 0 radical (unpaired) electrons. The van der Waals surface area contributed by atoms with Crippen LogP contribution in [0.2, 0.25) is 10.0 Å². The zero-order chi connectivity index (χ0) is 10.7. The van der Waals surface area contributed by atoms with Gasteiger partial charge in [0.05, 0.1) is 12.1 Å². The summed E-state index contributed by atoms with van der Waals surface area (Å²) >= 11 is 11.7. The topological polar surface area (TPSA) is 29.5 Å². The normalized spacial score (nSPS) is 12.3. The molecule has 1 N–H and O–H groups in total. The molecule has 0 heterocycles. The summed E-state index contributed by atoms with van der Waals surface area (Å²) in [5.41, 5.74) is 0.514. The minimum absolute atomic E-state index is 0.371. The van der Waals surface area contributed by atoms with Crippen molar-refractivity contribution in [1.82, 2.24) is 0 Å². The molecule has 1 unspecified atom stereocenters. The SMILES string of the molecule is C=CC(O)c1cc(Cl)cc(Cl)c1OC. The van der Waals surface area contributed by atoms with Gasteiger partial charge in [-0.25, -0.2) is 0 Å². The molecule has 2 nitrogen and oxygen atoms in total. The maximum Gasteiger partial charge on any atom is 0.143 e. The van der Waals surface area contributed by atoms with Crippen LogP contribution in [-0.2, 0) is 0 Å². The van der Waals surface area contributed by atoms with Gasteiger partial charge in [0.1, 0.15) is 11.9 Å². The van der Waals surface area contributed by atoms with Gasteiger partial charge < -0.3 is 9.84 Å². The summed E-state index contributed by atoms with van der Waals surface area (Å²) in [4.78, 5) is 0. The Labute approximate surface area is 92.7 Å². The zero-order valence-electron chi connectivity index (χ0n) is 7.63. The van der Waals surface area contributed by atoms with Crippen LogP contribution in [0.3, 0.4) is 0 Å². The molecule has 0 aliphatic heterocycles. The molecule has 0 aliphatic carbocycles. The van der Waals surface area contributed by atoms with Crippen molar-refractivity contribution in [3.63, 3.8) is 0 Å². The van der Waals surface area contributed by atoms with Gasteiger partial charge in [-0.05, 0) is 12.1 Å². The standard InChI is InChI=1S/C10H10Cl2O2/c1-3-9(13)7-4-6(11)5-8(12)10(7)14-2/h3-5,9,13H,1H2,2H3. The monoisotopic (exact) mass is 232 g/mol. The minimum Gasteiger partial charge on any atom is -0.495 e. The van der Waals surface area contributed by atoms with Gasteiger partial charge in [0.25, 0.3) is 0 Å². The Kier molecular flexibility index (Phi) is 3.81. The van der Waals surface area contributed by atoms with Crippen molar-refractivity contribution < 1.29 is 9.84 Å². The van der Waals surface area contributed by atoms with E-state index in [-0.39, 0.29) is 0 Å². The Morgan fingerprint density at radius 1 is 1.50 bits per heavy atom. The van der Waals surface area contributed by atoms with E-state index in [0.29, 0.717) is 21.4 Å². The van der Waals surface area contributed by atoms with Crippen LogP contribution in [0, 0.1) is 0 Å². The van der Waals surface area contributed by atoms with Crippen LogP contribution in [0.4, 0.5) is 0 Å². The number of hydrogen-bond donors (Lipinski definition) is 1. The molecule has 1 aromatic rings. The van der Waals surface area contributed by atoms with E-state index in [1.54, 1.807) is 12.1 Å². The van der Waals surface area contributed by atoms with E-state index in [0.717, 1.165) is 0 Å². The van der Waals surface area contributed by atoms with E-state index >= 15 is 0 Å². The molecule has 0 aromatic heterocycles. The molecule has 0 saturated carbocycles. The smallest absolute Gasteiger partial charge is 0.143 e. The lowest BCUT2D eigenvalue weighted by Crippen LogP contribution is -1.98. The van der Waals surface area contributed by atoms with Crippen LogP contribution in [0.15, 0.2) is 24.8 Å². The first-order valence-electron chi connectivity index (χ1n) is 3.93. The van der Waals surface area contributed by atoms with Gasteiger partial charge in [-0.1, -0.05) is 29.3 Å². The third kappa shape index (κ3) is 2.21. The highest BCUT2D eigenvalue weighted by molar-refractivity contribution is 6.35. The minimum atomic E-state index is -0.832. The van der Waals surface area contributed by atoms with Gasteiger partial charge in [-0.3, -0.25) is 0 Å². The maximum atomic E-state index is 9.57. The highest BCUT2D eigenvalue weighted by atomic mass is 35.5. The van der Waals surface area contributed by atoms with Gasteiger partial charge in [0, 0.05) is 10.6 Å². The van der Waals surface area contributed by atoms with Crippen LogP contribution in [-0.4, -0.2) is 12.2 Å². The second-order valence-corrected chi connectivity index (χ2v) is 3.53. The molecular formula is C10H10Cl2O2. The fraction of sp³-hybridized carbons (Fsp3) is 0.200. The number of methoxy groups -OCH3 is 1. The number of aliphatic hydroxyl groups is 1. The Morgan fingerprint density at radius 2 is 2.14 bits per heavy atom. The summed E-state index contributed by atoms with van der Waals surface area (Å²) in [5.74, 6) is 0.420. The van der Waals surface area contributed by atoms with Crippen LogP contribution in [0.25, 0.3) is 0 Å². The molecule has 0 saturated heterocycles. The van der Waals surface area contributed by atoms with E-state index in [2.05, 4.69) is 6.58 Å². The number of aliphatic hydroxyl groups excluding tert-OH is 1. The second-order valence-electron chi connectivity index (χ2n) is 2.69.